The van der Waals surface area contributed by atoms with Gasteiger partial charge in [-0.2, -0.15) is 0 Å². The average Bonchev–Trinajstić information content (AvgIpc) is 2.25. The van der Waals surface area contributed by atoms with Crippen molar-refractivity contribution in [2.24, 2.45) is 0 Å². The van der Waals surface area contributed by atoms with Gasteiger partial charge in [0, 0.05) is 17.7 Å². The van der Waals surface area contributed by atoms with Crippen molar-refractivity contribution in [1.82, 2.24) is 0 Å². The molecule has 5 heteroatoms. The molecule has 94 valence electrons. The van der Waals surface area contributed by atoms with Crippen LogP contribution in [-0.4, -0.2) is 19.1 Å². The minimum atomic E-state index is -0.451. The highest BCUT2D eigenvalue weighted by atomic mass is 16.6. The first-order chi connectivity index (χ1) is 7.81. The van der Waals surface area contributed by atoms with Crippen LogP contribution < -0.4 is 9.47 Å². The molecule has 0 amide bonds. The Balaban J connectivity index is 3.50. The highest BCUT2D eigenvalue weighted by Gasteiger charge is 2.26. The smallest absolute Gasteiger partial charge is 0.311 e. The summed E-state index contributed by atoms with van der Waals surface area (Å²) in [6.45, 7) is 5.92. The van der Waals surface area contributed by atoms with Gasteiger partial charge in [0.05, 0.1) is 19.1 Å². The summed E-state index contributed by atoms with van der Waals surface area (Å²) in [7, 11) is 2.94. The predicted molar refractivity (Wildman–Crippen MR) is 64.9 cm³/mol. The maximum Gasteiger partial charge on any atom is 0.311 e. The van der Waals surface area contributed by atoms with Crippen LogP contribution in [0, 0.1) is 10.1 Å². The highest BCUT2D eigenvalue weighted by Crippen LogP contribution is 2.39. The molecule has 0 unspecified atom stereocenters. The minimum Gasteiger partial charge on any atom is -0.496 e. The first kappa shape index (κ1) is 13.3. The summed E-state index contributed by atoms with van der Waals surface area (Å²) >= 11 is 0. The van der Waals surface area contributed by atoms with E-state index in [-0.39, 0.29) is 16.9 Å². The lowest BCUT2D eigenvalue weighted by molar-refractivity contribution is -0.385. The van der Waals surface area contributed by atoms with Crippen LogP contribution in [0.1, 0.15) is 26.3 Å². The molecule has 0 atom stereocenters. The number of nitrogens with zero attached hydrogens (tertiary/aromatic N) is 1. The second kappa shape index (κ2) is 4.61. The van der Waals surface area contributed by atoms with Gasteiger partial charge in [-0.15, -0.1) is 0 Å². The zero-order valence-corrected chi connectivity index (χ0v) is 10.7. The van der Waals surface area contributed by atoms with Crippen molar-refractivity contribution in [2.45, 2.75) is 26.2 Å². The largest absolute Gasteiger partial charge is 0.496 e. The van der Waals surface area contributed by atoms with E-state index in [1.54, 1.807) is 6.07 Å². The Labute approximate surface area is 101 Å². The Hall–Kier alpha value is -1.78. The summed E-state index contributed by atoms with van der Waals surface area (Å²) < 4.78 is 10.2. The van der Waals surface area contributed by atoms with Crippen LogP contribution in [0.5, 0.6) is 11.5 Å². The number of rotatable bonds is 3. The fraction of sp³-hybridized carbons (Fsp3) is 0.500. The summed E-state index contributed by atoms with van der Waals surface area (Å²) in [5.74, 6) is 0.805. The normalized spacial score (nSPS) is 11.1. The van der Waals surface area contributed by atoms with Crippen LogP contribution in [0.25, 0.3) is 0 Å². The van der Waals surface area contributed by atoms with E-state index < -0.39 is 4.92 Å². The first-order valence-corrected chi connectivity index (χ1v) is 5.22. The monoisotopic (exact) mass is 239 g/mol. The molecule has 0 aromatic heterocycles. The second-order valence-corrected chi connectivity index (χ2v) is 4.73. The van der Waals surface area contributed by atoms with Crippen LogP contribution in [0.15, 0.2) is 12.1 Å². The van der Waals surface area contributed by atoms with Gasteiger partial charge in [0.1, 0.15) is 5.75 Å². The van der Waals surface area contributed by atoms with E-state index in [9.17, 15) is 10.1 Å². The predicted octanol–water partition coefficient (Wildman–Crippen LogP) is 2.91. The Morgan fingerprint density at radius 3 is 2.00 bits per heavy atom. The SMILES string of the molecule is COc1cc(OC)c(C(C)(C)C)cc1[N+](=O)[O-]. The molecule has 0 aliphatic heterocycles. The lowest BCUT2D eigenvalue weighted by Crippen LogP contribution is -2.13. The number of ether oxygens (including phenoxy) is 2. The van der Waals surface area contributed by atoms with Gasteiger partial charge in [-0.25, -0.2) is 0 Å². The highest BCUT2D eigenvalue weighted by molar-refractivity contribution is 5.56. The molecule has 0 saturated carbocycles. The number of nitro benzene ring substituents is 1. The summed E-state index contributed by atoms with van der Waals surface area (Å²) in [6.07, 6.45) is 0. The van der Waals surface area contributed by atoms with Crippen molar-refractivity contribution in [1.29, 1.82) is 0 Å². The molecule has 5 nitrogen and oxygen atoms in total. The van der Waals surface area contributed by atoms with E-state index in [0.717, 1.165) is 5.56 Å². The quantitative estimate of drug-likeness (QED) is 0.601. The van der Waals surface area contributed by atoms with Crippen molar-refractivity contribution >= 4 is 5.69 Å². The number of benzene rings is 1. The van der Waals surface area contributed by atoms with Crippen molar-refractivity contribution < 1.29 is 14.4 Å². The Bertz CT molecular complexity index is 435. The molecule has 1 aromatic rings. The van der Waals surface area contributed by atoms with Gasteiger partial charge >= 0.3 is 5.69 Å². The summed E-state index contributed by atoms with van der Waals surface area (Å²) in [4.78, 5) is 10.5. The third-order valence-corrected chi connectivity index (χ3v) is 2.51. The maximum absolute atomic E-state index is 10.9. The number of methoxy groups -OCH3 is 2. The van der Waals surface area contributed by atoms with Crippen molar-refractivity contribution in [3.8, 4) is 11.5 Å². The summed E-state index contributed by atoms with van der Waals surface area (Å²) in [5.41, 5.74) is 0.508. The zero-order valence-electron chi connectivity index (χ0n) is 10.7. The molecule has 0 aliphatic carbocycles. The van der Waals surface area contributed by atoms with Crippen LogP contribution in [0.3, 0.4) is 0 Å². The number of nitro groups is 1. The molecule has 0 saturated heterocycles. The van der Waals surface area contributed by atoms with Gasteiger partial charge in [-0.3, -0.25) is 10.1 Å². The van der Waals surface area contributed by atoms with Crippen molar-refractivity contribution in [3.63, 3.8) is 0 Å². The molecule has 0 aliphatic rings. The van der Waals surface area contributed by atoms with Gasteiger partial charge in [-0.1, -0.05) is 20.8 Å². The third-order valence-electron chi connectivity index (χ3n) is 2.51. The maximum atomic E-state index is 10.9. The van der Waals surface area contributed by atoms with Crippen LogP contribution >= 0.6 is 0 Å². The fourth-order valence-corrected chi connectivity index (χ4v) is 1.61. The van der Waals surface area contributed by atoms with Crippen molar-refractivity contribution in [3.05, 3.63) is 27.8 Å². The molecule has 0 fully saturated rings. The van der Waals surface area contributed by atoms with Gasteiger partial charge < -0.3 is 9.47 Å². The first-order valence-electron chi connectivity index (χ1n) is 5.22. The Kier molecular flexibility index (Phi) is 3.60. The lowest BCUT2D eigenvalue weighted by atomic mass is 9.86. The van der Waals surface area contributed by atoms with Crippen molar-refractivity contribution in [2.75, 3.05) is 14.2 Å². The molecular formula is C12H17NO4. The van der Waals surface area contributed by atoms with E-state index in [1.807, 2.05) is 20.8 Å². The third kappa shape index (κ3) is 2.67. The van der Waals surface area contributed by atoms with Gasteiger partial charge in [0.15, 0.2) is 0 Å². The molecular weight excluding hydrogens is 222 g/mol. The van der Waals surface area contributed by atoms with Crippen LogP contribution in [0.2, 0.25) is 0 Å². The van der Waals surface area contributed by atoms with E-state index in [2.05, 4.69) is 0 Å². The van der Waals surface area contributed by atoms with Gasteiger partial charge in [0.25, 0.3) is 0 Å². The fourth-order valence-electron chi connectivity index (χ4n) is 1.61. The number of hydrogen-bond donors (Lipinski definition) is 0. The Morgan fingerprint density at radius 2 is 1.65 bits per heavy atom. The molecule has 0 N–H and O–H groups in total. The minimum absolute atomic E-state index is 0.0433. The van der Waals surface area contributed by atoms with Crippen LogP contribution in [-0.2, 0) is 5.41 Å². The molecule has 1 aromatic carbocycles. The van der Waals surface area contributed by atoms with E-state index >= 15 is 0 Å². The van der Waals surface area contributed by atoms with Crippen LogP contribution in [0.4, 0.5) is 5.69 Å². The average molecular weight is 239 g/mol. The molecule has 0 spiro atoms. The second-order valence-electron chi connectivity index (χ2n) is 4.73. The lowest BCUT2D eigenvalue weighted by Gasteiger charge is -2.22. The topological polar surface area (TPSA) is 61.6 Å². The van der Waals surface area contributed by atoms with Gasteiger partial charge in [0.2, 0.25) is 5.75 Å². The van der Waals surface area contributed by atoms with E-state index in [4.69, 9.17) is 9.47 Å². The molecule has 1 rings (SSSR count). The molecule has 17 heavy (non-hydrogen) atoms. The zero-order chi connectivity index (χ0) is 13.2. The molecule has 0 bridgehead atoms. The number of hydrogen-bond acceptors (Lipinski definition) is 4. The van der Waals surface area contributed by atoms with Gasteiger partial charge in [-0.05, 0) is 5.41 Å². The molecule has 0 heterocycles. The van der Waals surface area contributed by atoms with E-state index in [1.165, 1.54) is 20.3 Å². The standard InChI is InChI=1S/C12H17NO4/c1-12(2,3)8-6-9(13(14)15)11(17-5)7-10(8)16-4/h6-7H,1-5H3. The van der Waals surface area contributed by atoms with E-state index in [0.29, 0.717) is 5.75 Å². The Morgan fingerprint density at radius 1 is 1.12 bits per heavy atom. The summed E-state index contributed by atoms with van der Waals surface area (Å²) in [5, 5.41) is 10.9. The summed E-state index contributed by atoms with van der Waals surface area (Å²) in [6, 6.07) is 3.07. The molecule has 0 radical (unpaired) electrons.